The highest BCUT2D eigenvalue weighted by atomic mass is 16.6. The van der Waals surface area contributed by atoms with Gasteiger partial charge in [-0.05, 0) is 24.6 Å². The third-order valence-corrected chi connectivity index (χ3v) is 2.38. The molecule has 15 heavy (non-hydrogen) atoms. The van der Waals surface area contributed by atoms with Crippen LogP contribution in [0.4, 0.5) is 5.69 Å². The molecule has 0 bridgehead atoms. The van der Waals surface area contributed by atoms with E-state index in [2.05, 4.69) is 4.98 Å². The standard InChI is InChI=1S/C10H11N3O2/c11-4-3-7-6-12-10-5-8(13(14)15)1-2-9(7)10/h1-2,5-6,12H,3-4,11H2. The molecule has 5 nitrogen and oxygen atoms in total. The summed E-state index contributed by atoms with van der Waals surface area (Å²) in [6.07, 6.45) is 2.62. The topological polar surface area (TPSA) is 85.0 Å². The van der Waals surface area contributed by atoms with Crippen LogP contribution in [0.25, 0.3) is 10.9 Å². The largest absolute Gasteiger partial charge is 0.361 e. The zero-order valence-corrected chi connectivity index (χ0v) is 8.06. The Morgan fingerprint density at radius 1 is 1.47 bits per heavy atom. The second-order valence-corrected chi connectivity index (χ2v) is 3.34. The van der Waals surface area contributed by atoms with Gasteiger partial charge in [-0.15, -0.1) is 0 Å². The van der Waals surface area contributed by atoms with Crippen LogP contribution in [-0.2, 0) is 6.42 Å². The van der Waals surface area contributed by atoms with Gasteiger partial charge in [0.15, 0.2) is 0 Å². The van der Waals surface area contributed by atoms with E-state index >= 15 is 0 Å². The Balaban J connectivity index is 2.51. The van der Waals surface area contributed by atoms with E-state index < -0.39 is 4.92 Å². The SMILES string of the molecule is NCCc1c[nH]c2cc([N+](=O)[O-])ccc12. The van der Waals surface area contributed by atoms with E-state index in [-0.39, 0.29) is 5.69 Å². The van der Waals surface area contributed by atoms with Crippen molar-refractivity contribution in [3.63, 3.8) is 0 Å². The van der Waals surface area contributed by atoms with Crippen molar-refractivity contribution in [1.82, 2.24) is 4.98 Å². The molecule has 0 atom stereocenters. The number of nitrogens with two attached hydrogens (primary N) is 1. The summed E-state index contributed by atoms with van der Waals surface area (Å²) in [4.78, 5) is 13.2. The van der Waals surface area contributed by atoms with Gasteiger partial charge in [-0.25, -0.2) is 0 Å². The predicted molar refractivity (Wildman–Crippen MR) is 57.7 cm³/mol. The van der Waals surface area contributed by atoms with Gasteiger partial charge in [-0.2, -0.15) is 0 Å². The molecule has 2 rings (SSSR count). The highest BCUT2D eigenvalue weighted by molar-refractivity contribution is 5.85. The molecular formula is C10H11N3O2. The fourth-order valence-electron chi connectivity index (χ4n) is 1.65. The number of nitro groups is 1. The van der Waals surface area contributed by atoms with Crippen molar-refractivity contribution in [1.29, 1.82) is 0 Å². The maximum absolute atomic E-state index is 10.5. The van der Waals surface area contributed by atoms with Crippen molar-refractivity contribution < 1.29 is 4.92 Å². The Hall–Kier alpha value is -1.88. The molecule has 3 N–H and O–H groups in total. The first-order chi connectivity index (χ1) is 7.22. The molecule has 1 aromatic heterocycles. The van der Waals surface area contributed by atoms with Crippen LogP contribution in [0, 0.1) is 10.1 Å². The molecule has 2 aromatic rings. The number of fused-ring (bicyclic) bond motifs is 1. The van der Waals surface area contributed by atoms with Crippen molar-refractivity contribution >= 4 is 16.6 Å². The van der Waals surface area contributed by atoms with E-state index in [1.165, 1.54) is 12.1 Å². The predicted octanol–water partition coefficient (Wildman–Crippen LogP) is 1.58. The van der Waals surface area contributed by atoms with E-state index in [1.54, 1.807) is 6.07 Å². The van der Waals surface area contributed by atoms with Crippen LogP contribution in [0.5, 0.6) is 0 Å². The number of hydrogen-bond donors (Lipinski definition) is 2. The van der Waals surface area contributed by atoms with Crippen molar-refractivity contribution in [2.24, 2.45) is 5.73 Å². The summed E-state index contributed by atoms with van der Waals surface area (Å²) in [6.45, 7) is 0.573. The fourth-order valence-corrected chi connectivity index (χ4v) is 1.65. The Kier molecular flexibility index (Phi) is 2.39. The smallest absolute Gasteiger partial charge is 0.271 e. The molecule has 1 aromatic carbocycles. The first-order valence-electron chi connectivity index (χ1n) is 4.67. The van der Waals surface area contributed by atoms with Gasteiger partial charge in [0, 0.05) is 23.7 Å². The summed E-state index contributed by atoms with van der Waals surface area (Å²) in [7, 11) is 0. The van der Waals surface area contributed by atoms with Crippen LogP contribution in [0.3, 0.4) is 0 Å². The number of aromatic amines is 1. The summed E-state index contributed by atoms with van der Waals surface area (Å²) in [5.41, 5.74) is 7.45. The van der Waals surface area contributed by atoms with Crippen molar-refractivity contribution in [3.8, 4) is 0 Å². The molecule has 0 saturated carbocycles. The molecule has 0 aliphatic heterocycles. The van der Waals surface area contributed by atoms with E-state index in [0.29, 0.717) is 6.54 Å². The van der Waals surface area contributed by atoms with E-state index in [9.17, 15) is 10.1 Å². The van der Waals surface area contributed by atoms with Crippen LogP contribution >= 0.6 is 0 Å². The van der Waals surface area contributed by atoms with Crippen LogP contribution in [-0.4, -0.2) is 16.5 Å². The number of nitro benzene ring substituents is 1. The minimum Gasteiger partial charge on any atom is -0.361 e. The highest BCUT2D eigenvalue weighted by Gasteiger charge is 2.09. The third kappa shape index (κ3) is 1.69. The Morgan fingerprint density at radius 3 is 2.93 bits per heavy atom. The molecule has 0 saturated heterocycles. The molecule has 0 amide bonds. The minimum atomic E-state index is -0.400. The summed E-state index contributed by atoms with van der Waals surface area (Å²) >= 11 is 0. The number of rotatable bonds is 3. The molecule has 0 radical (unpaired) electrons. The molecule has 5 heteroatoms. The lowest BCUT2D eigenvalue weighted by Gasteiger charge is -1.95. The molecule has 1 heterocycles. The summed E-state index contributed by atoms with van der Waals surface area (Å²) in [5.74, 6) is 0. The Morgan fingerprint density at radius 2 is 2.27 bits per heavy atom. The van der Waals surface area contributed by atoms with Gasteiger partial charge in [0.25, 0.3) is 5.69 Å². The maximum Gasteiger partial charge on any atom is 0.271 e. The van der Waals surface area contributed by atoms with Gasteiger partial charge in [0.2, 0.25) is 0 Å². The van der Waals surface area contributed by atoms with Crippen LogP contribution < -0.4 is 5.73 Å². The molecule has 0 aliphatic rings. The van der Waals surface area contributed by atoms with Gasteiger partial charge >= 0.3 is 0 Å². The minimum absolute atomic E-state index is 0.101. The molecule has 0 fully saturated rings. The molecular weight excluding hydrogens is 194 g/mol. The van der Waals surface area contributed by atoms with Crippen molar-refractivity contribution in [2.45, 2.75) is 6.42 Å². The van der Waals surface area contributed by atoms with Gasteiger partial charge in [-0.3, -0.25) is 10.1 Å². The number of benzene rings is 1. The Bertz CT molecular complexity index is 504. The number of nitrogens with zero attached hydrogens (tertiary/aromatic N) is 1. The lowest BCUT2D eigenvalue weighted by Crippen LogP contribution is -2.01. The third-order valence-electron chi connectivity index (χ3n) is 2.38. The van der Waals surface area contributed by atoms with Crippen molar-refractivity contribution in [3.05, 3.63) is 40.1 Å². The highest BCUT2D eigenvalue weighted by Crippen LogP contribution is 2.23. The van der Waals surface area contributed by atoms with E-state index in [4.69, 9.17) is 5.73 Å². The average Bonchev–Trinajstić information content (AvgIpc) is 2.61. The first kappa shape index (κ1) is 9.67. The molecule has 0 spiro atoms. The van der Waals surface area contributed by atoms with Gasteiger partial charge < -0.3 is 10.7 Å². The zero-order chi connectivity index (χ0) is 10.8. The molecule has 0 aliphatic carbocycles. The lowest BCUT2D eigenvalue weighted by molar-refractivity contribution is -0.384. The van der Waals surface area contributed by atoms with Crippen LogP contribution in [0.1, 0.15) is 5.56 Å². The monoisotopic (exact) mass is 205 g/mol. The number of H-pyrrole nitrogens is 1. The number of aromatic nitrogens is 1. The maximum atomic E-state index is 10.5. The van der Waals surface area contributed by atoms with E-state index in [1.807, 2.05) is 6.20 Å². The first-order valence-corrected chi connectivity index (χ1v) is 4.67. The summed E-state index contributed by atoms with van der Waals surface area (Å²) in [6, 6.07) is 4.81. The van der Waals surface area contributed by atoms with Gasteiger partial charge in [-0.1, -0.05) is 0 Å². The fraction of sp³-hybridized carbons (Fsp3) is 0.200. The van der Waals surface area contributed by atoms with Crippen molar-refractivity contribution in [2.75, 3.05) is 6.54 Å². The lowest BCUT2D eigenvalue weighted by atomic mass is 10.1. The van der Waals surface area contributed by atoms with Gasteiger partial charge in [0.05, 0.1) is 10.4 Å². The number of nitrogens with one attached hydrogen (secondary N) is 1. The second-order valence-electron chi connectivity index (χ2n) is 3.34. The number of hydrogen-bond acceptors (Lipinski definition) is 3. The van der Waals surface area contributed by atoms with Crippen LogP contribution in [0.2, 0.25) is 0 Å². The summed E-state index contributed by atoms with van der Waals surface area (Å²) < 4.78 is 0. The van der Waals surface area contributed by atoms with Gasteiger partial charge in [0.1, 0.15) is 0 Å². The average molecular weight is 205 g/mol. The number of non-ortho nitro benzene ring substituents is 1. The van der Waals surface area contributed by atoms with E-state index in [0.717, 1.165) is 22.9 Å². The molecule has 78 valence electrons. The normalized spacial score (nSPS) is 10.7. The molecule has 0 unspecified atom stereocenters. The quantitative estimate of drug-likeness (QED) is 0.589. The second kappa shape index (κ2) is 3.70. The Labute approximate surface area is 86.0 Å². The summed E-state index contributed by atoms with van der Waals surface area (Å²) in [5, 5.41) is 11.6. The zero-order valence-electron chi connectivity index (χ0n) is 8.06. The van der Waals surface area contributed by atoms with Crippen LogP contribution in [0.15, 0.2) is 24.4 Å².